The normalized spacial score (nSPS) is 12.7. The molecule has 1 atom stereocenters. The molecule has 9 rings (SSSR count). The Kier molecular flexibility index (Phi) is 5.20. The van der Waals surface area contributed by atoms with Crippen molar-refractivity contribution in [2.75, 3.05) is 0 Å². The van der Waals surface area contributed by atoms with Crippen LogP contribution in [0.25, 0.3) is 59.9 Å². The first kappa shape index (κ1) is 23.6. The quantitative estimate of drug-likeness (QED) is 0.158. The molecule has 0 aliphatic carbocycles. The molecular weight excluding hydrogens is 527 g/mol. The number of hydrogen-bond donors (Lipinski definition) is 0. The average Bonchev–Trinajstić information content (AvgIpc) is 3.46. The third-order valence-electron chi connectivity index (χ3n) is 8.50. The van der Waals surface area contributed by atoms with E-state index in [1.54, 1.807) is 0 Å². The molecule has 0 saturated heterocycles. The van der Waals surface area contributed by atoms with Crippen LogP contribution in [0, 0.1) is 0 Å². The molecule has 0 N–H and O–H groups in total. The van der Waals surface area contributed by atoms with Gasteiger partial charge in [-0.15, -0.1) is 0 Å². The highest BCUT2D eigenvalue weighted by molar-refractivity contribution is 7.79. The number of imidazole rings is 1. The number of para-hydroxylation sites is 3. The van der Waals surface area contributed by atoms with Gasteiger partial charge in [-0.1, -0.05) is 121 Å². The van der Waals surface area contributed by atoms with Crippen LogP contribution in [0.4, 0.5) is 0 Å². The summed E-state index contributed by atoms with van der Waals surface area (Å²) in [6, 6.07) is 55.5. The van der Waals surface area contributed by atoms with E-state index in [4.69, 9.17) is 4.98 Å². The van der Waals surface area contributed by atoms with Crippen molar-refractivity contribution in [3.63, 3.8) is 0 Å². The third kappa shape index (κ3) is 3.52. The van der Waals surface area contributed by atoms with Crippen LogP contribution in [0.15, 0.2) is 152 Å². The SMILES string of the molecule is c1ccc(P(c2ccc3ccc4ccccc4c3c2)c2ccc3c4ccccc4n4c5ccccc5nc4c3c2)cc1. The topological polar surface area (TPSA) is 17.3 Å². The van der Waals surface area contributed by atoms with Crippen molar-refractivity contribution < 1.29 is 0 Å². The first-order valence-corrected chi connectivity index (χ1v) is 15.7. The van der Waals surface area contributed by atoms with E-state index >= 15 is 0 Å². The number of fused-ring (bicyclic) bond motifs is 11. The summed E-state index contributed by atoms with van der Waals surface area (Å²) in [5.41, 5.74) is 4.36. The molecular formula is C39H25N2P. The summed E-state index contributed by atoms with van der Waals surface area (Å²) in [4.78, 5) is 5.18. The lowest BCUT2D eigenvalue weighted by Crippen LogP contribution is -2.20. The van der Waals surface area contributed by atoms with Gasteiger partial charge in [0.1, 0.15) is 5.65 Å². The Balaban J connectivity index is 1.35. The average molecular weight is 553 g/mol. The van der Waals surface area contributed by atoms with Crippen molar-refractivity contribution in [3.8, 4) is 0 Å². The van der Waals surface area contributed by atoms with E-state index < -0.39 is 7.92 Å². The van der Waals surface area contributed by atoms with Crippen LogP contribution in [0.1, 0.15) is 0 Å². The fourth-order valence-electron chi connectivity index (χ4n) is 6.59. The van der Waals surface area contributed by atoms with Gasteiger partial charge >= 0.3 is 0 Å². The summed E-state index contributed by atoms with van der Waals surface area (Å²) in [7, 11) is -0.807. The maximum Gasteiger partial charge on any atom is 0.146 e. The Morgan fingerprint density at radius 3 is 1.88 bits per heavy atom. The van der Waals surface area contributed by atoms with E-state index in [-0.39, 0.29) is 0 Å². The van der Waals surface area contributed by atoms with Crippen LogP contribution in [0.3, 0.4) is 0 Å². The van der Waals surface area contributed by atoms with Crippen LogP contribution in [-0.4, -0.2) is 9.38 Å². The summed E-state index contributed by atoms with van der Waals surface area (Å²) in [6.07, 6.45) is 0. The first-order valence-electron chi connectivity index (χ1n) is 14.3. The Morgan fingerprint density at radius 1 is 0.405 bits per heavy atom. The molecule has 0 amide bonds. The predicted molar refractivity (Wildman–Crippen MR) is 181 cm³/mol. The van der Waals surface area contributed by atoms with E-state index in [1.807, 2.05) is 0 Å². The summed E-state index contributed by atoms with van der Waals surface area (Å²) in [6.45, 7) is 0. The van der Waals surface area contributed by atoms with Crippen molar-refractivity contribution in [3.05, 3.63) is 152 Å². The van der Waals surface area contributed by atoms with Crippen LogP contribution in [0.2, 0.25) is 0 Å². The molecule has 1 unspecified atom stereocenters. The molecule has 42 heavy (non-hydrogen) atoms. The standard InChI is InChI=1S/C39H25N2P/c1-2-11-28(12-3-1)42(29-21-20-27-19-18-26-10-4-5-13-31(26)34(27)24-29)30-22-23-32-33-14-6-8-16-37(33)41-38-17-9-7-15-36(38)40-39(41)35(32)25-30/h1-25H. The lowest BCUT2D eigenvalue weighted by atomic mass is 10.0. The zero-order valence-electron chi connectivity index (χ0n) is 22.8. The van der Waals surface area contributed by atoms with Crippen LogP contribution in [-0.2, 0) is 0 Å². The maximum absolute atomic E-state index is 5.18. The van der Waals surface area contributed by atoms with E-state index in [0.717, 1.165) is 16.7 Å². The minimum atomic E-state index is -0.807. The molecule has 3 heteroatoms. The summed E-state index contributed by atoms with van der Waals surface area (Å²) < 4.78 is 2.34. The molecule has 0 fully saturated rings. The first-order chi connectivity index (χ1) is 20.8. The second kappa shape index (κ2) is 9.24. The fourth-order valence-corrected chi connectivity index (χ4v) is 8.92. The van der Waals surface area contributed by atoms with Gasteiger partial charge in [0, 0.05) is 10.8 Å². The number of benzene rings is 7. The van der Waals surface area contributed by atoms with Crippen molar-refractivity contribution in [2.24, 2.45) is 0 Å². The number of nitrogens with zero attached hydrogens (tertiary/aromatic N) is 2. The molecule has 0 aliphatic heterocycles. The number of hydrogen-bond acceptors (Lipinski definition) is 1. The summed E-state index contributed by atoms with van der Waals surface area (Å²) >= 11 is 0. The monoisotopic (exact) mass is 552 g/mol. The smallest absolute Gasteiger partial charge is 0.146 e. The van der Waals surface area contributed by atoms with E-state index in [1.165, 1.54) is 59.1 Å². The van der Waals surface area contributed by atoms with Gasteiger partial charge in [-0.05, 0) is 81.1 Å². The van der Waals surface area contributed by atoms with Gasteiger partial charge in [0.15, 0.2) is 0 Å². The molecule has 0 bridgehead atoms. The van der Waals surface area contributed by atoms with E-state index in [2.05, 4.69) is 156 Å². The lowest BCUT2D eigenvalue weighted by Gasteiger charge is -2.21. The maximum atomic E-state index is 5.18. The van der Waals surface area contributed by atoms with Crippen LogP contribution < -0.4 is 15.9 Å². The third-order valence-corrected chi connectivity index (χ3v) is 10.9. The predicted octanol–water partition coefficient (Wildman–Crippen LogP) is 8.86. The highest BCUT2D eigenvalue weighted by Gasteiger charge is 2.20. The van der Waals surface area contributed by atoms with Crippen LogP contribution >= 0.6 is 7.92 Å². The van der Waals surface area contributed by atoms with Gasteiger partial charge < -0.3 is 0 Å². The van der Waals surface area contributed by atoms with Crippen molar-refractivity contribution >= 4 is 83.7 Å². The minimum absolute atomic E-state index is 0.807. The summed E-state index contributed by atoms with van der Waals surface area (Å²) in [5.74, 6) is 0. The zero-order valence-corrected chi connectivity index (χ0v) is 23.7. The molecule has 0 aliphatic rings. The zero-order chi connectivity index (χ0) is 27.6. The van der Waals surface area contributed by atoms with Gasteiger partial charge in [-0.2, -0.15) is 0 Å². The van der Waals surface area contributed by atoms with E-state index in [0.29, 0.717) is 0 Å². The largest absolute Gasteiger partial charge is 0.292 e. The number of pyridine rings is 1. The number of aromatic nitrogens is 2. The van der Waals surface area contributed by atoms with Crippen molar-refractivity contribution in [2.45, 2.75) is 0 Å². The lowest BCUT2D eigenvalue weighted by molar-refractivity contribution is 1.32. The Morgan fingerprint density at radius 2 is 1.02 bits per heavy atom. The molecule has 0 radical (unpaired) electrons. The van der Waals surface area contributed by atoms with Crippen LogP contribution in [0.5, 0.6) is 0 Å². The highest BCUT2D eigenvalue weighted by Crippen LogP contribution is 2.38. The van der Waals surface area contributed by atoms with Gasteiger partial charge in [0.25, 0.3) is 0 Å². The molecule has 0 spiro atoms. The molecule has 2 heterocycles. The minimum Gasteiger partial charge on any atom is -0.292 e. The molecule has 196 valence electrons. The molecule has 7 aromatic carbocycles. The van der Waals surface area contributed by atoms with Gasteiger partial charge in [-0.25, -0.2) is 4.98 Å². The van der Waals surface area contributed by atoms with Gasteiger partial charge in [0.2, 0.25) is 0 Å². The molecule has 9 aromatic rings. The Bertz CT molecular complexity index is 2480. The molecule has 2 nitrogen and oxygen atoms in total. The number of rotatable bonds is 3. The van der Waals surface area contributed by atoms with E-state index in [9.17, 15) is 0 Å². The summed E-state index contributed by atoms with van der Waals surface area (Å²) in [5, 5.41) is 12.9. The van der Waals surface area contributed by atoms with Crippen molar-refractivity contribution in [1.82, 2.24) is 9.38 Å². The Labute approximate surface area is 244 Å². The van der Waals surface area contributed by atoms with Gasteiger partial charge in [-0.3, -0.25) is 4.40 Å². The second-order valence-electron chi connectivity index (χ2n) is 10.9. The fraction of sp³-hybridized carbons (Fsp3) is 0. The Hall–Kier alpha value is -5.04. The van der Waals surface area contributed by atoms with Crippen molar-refractivity contribution in [1.29, 1.82) is 0 Å². The second-order valence-corrected chi connectivity index (χ2v) is 13.1. The highest BCUT2D eigenvalue weighted by atomic mass is 31.1. The molecule has 0 saturated carbocycles. The van der Waals surface area contributed by atoms with Gasteiger partial charge in [0.05, 0.1) is 16.6 Å². The molecule has 2 aromatic heterocycles.